The fourth-order valence-corrected chi connectivity index (χ4v) is 4.07. The Morgan fingerprint density at radius 3 is 2.81 bits per heavy atom. The minimum absolute atomic E-state index is 0.0525. The third-order valence-electron chi connectivity index (χ3n) is 5.72. The monoisotopic (exact) mass is 412 g/mol. The van der Waals surface area contributed by atoms with Crippen LogP contribution in [0.15, 0.2) is 55.0 Å². The number of pyridine rings is 2. The molecule has 0 radical (unpaired) electrons. The van der Waals surface area contributed by atoms with Crippen molar-refractivity contribution in [2.45, 2.75) is 19.8 Å². The number of hydrogen-bond donors (Lipinski definition) is 3. The topological polar surface area (TPSA) is 95.6 Å². The Hall–Kier alpha value is -3.58. The van der Waals surface area contributed by atoms with Crippen LogP contribution in [-0.4, -0.2) is 38.9 Å². The third kappa shape index (κ3) is 4.04. The smallest absolute Gasteiger partial charge is 0.227 e. The molecule has 1 aliphatic heterocycles. The molecule has 31 heavy (non-hydrogen) atoms. The number of carbonyl (C=O) groups is 1. The standard InChI is InChI=1S/C24H24N6O/c1-15-3-2-4-21(29-15)23-22(27-14-28-23)17-5-6-20-18(11-17)12-19(13-26-20)30-24(31)16-7-9-25-10-8-16/h2-6,11-14,16,25H,7-10H2,1H3,(H,27,28)(H,30,31). The molecule has 5 rings (SSSR count). The highest BCUT2D eigenvalue weighted by Crippen LogP contribution is 2.30. The van der Waals surface area contributed by atoms with Crippen molar-refractivity contribution < 1.29 is 4.79 Å². The van der Waals surface area contributed by atoms with Gasteiger partial charge in [-0.25, -0.2) is 4.98 Å². The number of aromatic amines is 1. The minimum atomic E-state index is 0.0525. The number of fused-ring (bicyclic) bond motifs is 1. The van der Waals surface area contributed by atoms with Crippen molar-refractivity contribution in [1.82, 2.24) is 25.3 Å². The summed E-state index contributed by atoms with van der Waals surface area (Å²) in [5.74, 6) is 0.121. The van der Waals surface area contributed by atoms with Crippen molar-refractivity contribution in [3.8, 4) is 22.6 Å². The van der Waals surface area contributed by atoms with E-state index < -0.39 is 0 Å². The van der Waals surface area contributed by atoms with E-state index in [0.717, 1.165) is 70.9 Å². The first-order valence-corrected chi connectivity index (χ1v) is 10.6. The maximum Gasteiger partial charge on any atom is 0.227 e. The number of hydrogen-bond acceptors (Lipinski definition) is 5. The fourth-order valence-electron chi connectivity index (χ4n) is 4.07. The Bertz CT molecular complexity index is 1240. The van der Waals surface area contributed by atoms with Crippen LogP contribution in [0.25, 0.3) is 33.5 Å². The average molecular weight is 412 g/mol. The molecule has 0 aliphatic carbocycles. The van der Waals surface area contributed by atoms with E-state index in [4.69, 9.17) is 0 Å². The van der Waals surface area contributed by atoms with Crippen molar-refractivity contribution in [3.63, 3.8) is 0 Å². The van der Waals surface area contributed by atoms with Gasteiger partial charge in [0.1, 0.15) is 0 Å². The van der Waals surface area contributed by atoms with E-state index in [2.05, 4.69) is 36.6 Å². The summed E-state index contributed by atoms with van der Waals surface area (Å²) in [6.45, 7) is 3.75. The van der Waals surface area contributed by atoms with E-state index >= 15 is 0 Å². The van der Waals surface area contributed by atoms with Gasteiger partial charge in [0.25, 0.3) is 0 Å². The van der Waals surface area contributed by atoms with Gasteiger partial charge in [0.05, 0.1) is 40.8 Å². The number of nitrogens with zero attached hydrogens (tertiary/aromatic N) is 3. The van der Waals surface area contributed by atoms with Gasteiger partial charge in [-0.05, 0) is 63.2 Å². The van der Waals surface area contributed by atoms with Crippen molar-refractivity contribution in [2.24, 2.45) is 5.92 Å². The summed E-state index contributed by atoms with van der Waals surface area (Å²) in [4.78, 5) is 29.5. The van der Waals surface area contributed by atoms with Gasteiger partial charge in [0.15, 0.2) is 0 Å². The highest BCUT2D eigenvalue weighted by atomic mass is 16.1. The van der Waals surface area contributed by atoms with Crippen LogP contribution >= 0.6 is 0 Å². The molecule has 4 heterocycles. The number of imidazole rings is 1. The average Bonchev–Trinajstić information content (AvgIpc) is 3.29. The van der Waals surface area contributed by atoms with Gasteiger partial charge in [-0.3, -0.25) is 14.8 Å². The third-order valence-corrected chi connectivity index (χ3v) is 5.72. The number of rotatable bonds is 4. The van der Waals surface area contributed by atoms with Crippen LogP contribution in [0, 0.1) is 12.8 Å². The number of aryl methyl sites for hydroxylation is 1. The van der Waals surface area contributed by atoms with Gasteiger partial charge in [0, 0.05) is 22.6 Å². The molecule has 1 amide bonds. The molecule has 0 unspecified atom stereocenters. The lowest BCUT2D eigenvalue weighted by Crippen LogP contribution is -2.34. The van der Waals surface area contributed by atoms with Gasteiger partial charge in [-0.15, -0.1) is 0 Å². The Labute approximate surface area is 180 Å². The Morgan fingerprint density at radius 1 is 1.10 bits per heavy atom. The second kappa shape index (κ2) is 8.28. The maximum absolute atomic E-state index is 12.6. The lowest BCUT2D eigenvalue weighted by molar-refractivity contribution is -0.120. The van der Waals surface area contributed by atoms with Crippen molar-refractivity contribution >= 4 is 22.5 Å². The first-order chi connectivity index (χ1) is 15.2. The second-order valence-electron chi connectivity index (χ2n) is 7.94. The van der Waals surface area contributed by atoms with Crippen LogP contribution < -0.4 is 10.6 Å². The van der Waals surface area contributed by atoms with E-state index in [9.17, 15) is 4.79 Å². The lowest BCUT2D eigenvalue weighted by Gasteiger charge is -2.21. The van der Waals surface area contributed by atoms with E-state index in [-0.39, 0.29) is 11.8 Å². The number of H-pyrrole nitrogens is 1. The second-order valence-corrected chi connectivity index (χ2v) is 7.94. The summed E-state index contributed by atoms with van der Waals surface area (Å²) < 4.78 is 0. The van der Waals surface area contributed by atoms with Gasteiger partial charge >= 0.3 is 0 Å². The van der Waals surface area contributed by atoms with Crippen LogP contribution in [0.5, 0.6) is 0 Å². The van der Waals surface area contributed by atoms with Gasteiger partial charge in [-0.1, -0.05) is 12.1 Å². The largest absolute Gasteiger partial charge is 0.343 e. The lowest BCUT2D eigenvalue weighted by atomic mass is 9.97. The van der Waals surface area contributed by atoms with Gasteiger partial charge < -0.3 is 15.6 Å². The molecular weight excluding hydrogens is 388 g/mol. The molecule has 1 aromatic carbocycles. The fraction of sp³-hybridized carbons (Fsp3) is 0.250. The highest BCUT2D eigenvalue weighted by Gasteiger charge is 2.21. The number of nitrogens with one attached hydrogen (secondary N) is 3. The molecule has 3 N–H and O–H groups in total. The molecule has 4 aromatic rings. The summed E-state index contributed by atoms with van der Waals surface area (Å²) in [5, 5.41) is 7.28. The molecule has 7 nitrogen and oxygen atoms in total. The normalized spacial score (nSPS) is 14.6. The van der Waals surface area contributed by atoms with Crippen molar-refractivity contribution in [1.29, 1.82) is 0 Å². The van der Waals surface area contributed by atoms with E-state index in [1.165, 1.54) is 0 Å². The van der Waals surface area contributed by atoms with Crippen LogP contribution in [0.2, 0.25) is 0 Å². The Kier molecular flexibility index (Phi) is 5.18. The summed E-state index contributed by atoms with van der Waals surface area (Å²) >= 11 is 0. The van der Waals surface area contributed by atoms with Crippen LogP contribution in [-0.2, 0) is 4.79 Å². The molecule has 0 atom stereocenters. The zero-order valence-electron chi connectivity index (χ0n) is 17.4. The van der Waals surface area contributed by atoms with E-state index in [0.29, 0.717) is 0 Å². The van der Waals surface area contributed by atoms with Crippen LogP contribution in [0.4, 0.5) is 5.69 Å². The molecule has 0 bridgehead atoms. The number of benzene rings is 1. The Morgan fingerprint density at radius 2 is 1.97 bits per heavy atom. The molecule has 0 spiro atoms. The molecular formula is C24H24N6O. The summed E-state index contributed by atoms with van der Waals surface area (Å²) in [6.07, 6.45) is 5.14. The summed E-state index contributed by atoms with van der Waals surface area (Å²) in [7, 11) is 0. The molecule has 0 saturated carbocycles. The van der Waals surface area contributed by atoms with Crippen LogP contribution in [0.1, 0.15) is 18.5 Å². The zero-order valence-corrected chi connectivity index (χ0v) is 17.4. The number of carbonyl (C=O) groups excluding carboxylic acids is 1. The number of anilines is 1. The first-order valence-electron chi connectivity index (χ1n) is 10.6. The number of amides is 1. The SMILES string of the molecule is Cc1cccc(-c2[nH]cnc2-c2ccc3ncc(NC(=O)C4CCNCC4)cc3c2)n1. The molecule has 1 fully saturated rings. The molecule has 3 aromatic heterocycles. The highest BCUT2D eigenvalue weighted by molar-refractivity contribution is 5.95. The number of aromatic nitrogens is 4. The summed E-state index contributed by atoms with van der Waals surface area (Å²) in [5.41, 5.74) is 6.08. The molecule has 156 valence electrons. The zero-order chi connectivity index (χ0) is 21.2. The van der Waals surface area contributed by atoms with E-state index in [1.807, 2.05) is 43.3 Å². The molecule has 7 heteroatoms. The molecule has 1 aliphatic rings. The first kappa shape index (κ1) is 19.4. The summed E-state index contributed by atoms with van der Waals surface area (Å²) in [6, 6.07) is 14.0. The molecule has 1 saturated heterocycles. The van der Waals surface area contributed by atoms with Crippen molar-refractivity contribution in [3.05, 3.63) is 60.7 Å². The van der Waals surface area contributed by atoms with Crippen LogP contribution in [0.3, 0.4) is 0 Å². The van der Waals surface area contributed by atoms with Gasteiger partial charge in [0.2, 0.25) is 5.91 Å². The van der Waals surface area contributed by atoms with Gasteiger partial charge in [-0.2, -0.15) is 0 Å². The Balaban J connectivity index is 1.45. The predicted octanol–water partition coefficient (Wildman–Crippen LogP) is 3.93. The van der Waals surface area contributed by atoms with Crippen molar-refractivity contribution in [2.75, 3.05) is 18.4 Å². The quantitative estimate of drug-likeness (QED) is 0.472. The predicted molar refractivity (Wildman–Crippen MR) is 122 cm³/mol. The number of piperidine rings is 1. The minimum Gasteiger partial charge on any atom is -0.343 e. The van der Waals surface area contributed by atoms with E-state index in [1.54, 1.807) is 12.5 Å². The maximum atomic E-state index is 12.6.